The van der Waals surface area contributed by atoms with E-state index in [1.807, 2.05) is 6.92 Å². The Hall–Kier alpha value is -0.330. The zero-order valence-electron chi connectivity index (χ0n) is 8.78. The van der Waals surface area contributed by atoms with Crippen LogP contribution in [0.1, 0.15) is 19.2 Å². The summed E-state index contributed by atoms with van der Waals surface area (Å²) in [7, 11) is 1.48. The van der Waals surface area contributed by atoms with E-state index in [1.54, 1.807) is 4.57 Å². The molecule has 4 nitrogen and oxygen atoms in total. The fourth-order valence-electron chi connectivity index (χ4n) is 1.29. The highest BCUT2D eigenvalue weighted by molar-refractivity contribution is 9.11. The van der Waals surface area contributed by atoms with Gasteiger partial charge in [0.05, 0.1) is 6.54 Å². The zero-order valence-corrected chi connectivity index (χ0v) is 11.9. The maximum absolute atomic E-state index is 11.1. The third-order valence-corrected chi connectivity index (χ3v) is 3.32. The second-order valence-electron chi connectivity index (χ2n) is 3.33. The van der Waals surface area contributed by atoms with Crippen LogP contribution in [-0.4, -0.2) is 18.0 Å². The van der Waals surface area contributed by atoms with Crippen molar-refractivity contribution in [3.05, 3.63) is 23.1 Å². The van der Waals surface area contributed by atoms with Crippen molar-refractivity contribution in [2.24, 2.45) is 0 Å². The number of halogens is 2. The number of hydrogen-bond acceptors (Lipinski definition) is 3. The number of allylic oxidation sites excluding steroid dienone is 1. The summed E-state index contributed by atoms with van der Waals surface area (Å²) in [5.74, 6) is 0.697. The van der Waals surface area contributed by atoms with E-state index in [1.165, 1.54) is 6.20 Å². The highest BCUT2D eigenvalue weighted by Crippen LogP contribution is 2.17. The summed E-state index contributed by atoms with van der Waals surface area (Å²) in [5.41, 5.74) is 0. The van der Waals surface area contributed by atoms with Crippen LogP contribution in [0.3, 0.4) is 0 Å². The summed E-state index contributed by atoms with van der Waals surface area (Å²) >= 11 is 3.23. The van der Waals surface area contributed by atoms with Crippen molar-refractivity contribution >= 4 is 35.7 Å². The van der Waals surface area contributed by atoms with Crippen LogP contribution in [0.5, 0.6) is 0 Å². The van der Waals surface area contributed by atoms with E-state index in [9.17, 15) is 8.42 Å². The van der Waals surface area contributed by atoms with E-state index in [-0.39, 0.29) is 5.03 Å². The number of nitrogens with zero attached hydrogens (tertiary/aromatic N) is 2. The van der Waals surface area contributed by atoms with Crippen LogP contribution in [0.25, 0.3) is 0 Å². The minimum atomic E-state index is -3.76. The predicted molar refractivity (Wildman–Crippen MR) is 67.3 cm³/mol. The molecule has 0 N–H and O–H groups in total. The van der Waals surface area contributed by atoms with E-state index in [2.05, 4.69) is 27.5 Å². The Balaban J connectivity index is 3.14. The minimum Gasteiger partial charge on any atom is -0.329 e. The Bertz CT molecular complexity index is 496. The van der Waals surface area contributed by atoms with Gasteiger partial charge in [-0.25, -0.2) is 13.4 Å². The average molecular weight is 328 g/mol. The summed E-state index contributed by atoms with van der Waals surface area (Å²) in [6.45, 7) is 6.19. The van der Waals surface area contributed by atoms with Crippen molar-refractivity contribution in [2.75, 3.05) is 0 Å². The first kappa shape index (κ1) is 13.7. The molecule has 0 aliphatic heterocycles. The lowest BCUT2D eigenvalue weighted by molar-refractivity contribution is 0.606. The van der Waals surface area contributed by atoms with Crippen molar-refractivity contribution in [1.29, 1.82) is 0 Å². The van der Waals surface area contributed by atoms with Crippen LogP contribution in [-0.2, 0) is 22.0 Å². The van der Waals surface area contributed by atoms with Crippen molar-refractivity contribution in [3.63, 3.8) is 0 Å². The van der Waals surface area contributed by atoms with Crippen molar-refractivity contribution < 1.29 is 8.42 Å². The second-order valence-corrected chi connectivity index (χ2v) is 6.96. The third-order valence-electron chi connectivity index (χ3n) is 1.90. The van der Waals surface area contributed by atoms with E-state index < -0.39 is 9.05 Å². The Kier molecular flexibility index (Phi) is 4.58. The van der Waals surface area contributed by atoms with Crippen LogP contribution < -0.4 is 0 Å². The third kappa shape index (κ3) is 3.61. The maximum atomic E-state index is 11.1. The largest absolute Gasteiger partial charge is 0.329 e. The first-order valence-electron chi connectivity index (χ1n) is 4.68. The van der Waals surface area contributed by atoms with Crippen LogP contribution >= 0.6 is 26.6 Å². The molecule has 0 atom stereocenters. The second kappa shape index (κ2) is 5.33. The molecule has 90 valence electrons. The molecule has 0 amide bonds. The fraction of sp³-hybridized carbons (Fsp3) is 0.444. The number of hydrogen-bond donors (Lipinski definition) is 0. The van der Waals surface area contributed by atoms with Gasteiger partial charge in [0.15, 0.2) is 5.03 Å². The molecule has 0 aromatic carbocycles. The first-order valence-corrected chi connectivity index (χ1v) is 7.78. The molecule has 1 heterocycles. The summed E-state index contributed by atoms with van der Waals surface area (Å²) in [6.07, 6.45) is 3.01. The summed E-state index contributed by atoms with van der Waals surface area (Å²) in [5, 5.41) is -0.105. The molecule has 0 unspecified atom stereocenters. The average Bonchev–Trinajstić information content (AvgIpc) is 2.47. The molecule has 0 bridgehead atoms. The topological polar surface area (TPSA) is 52.0 Å². The molecule has 0 fully saturated rings. The lowest BCUT2D eigenvalue weighted by Crippen LogP contribution is -2.02. The van der Waals surface area contributed by atoms with Crippen molar-refractivity contribution in [3.8, 4) is 0 Å². The minimum absolute atomic E-state index is 0.105. The van der Waals surface area contributed by atoms with Crippen LogP contribution in [0.4, 0.5) is 0 Å². The summed E-state index contributed by atoms with van der Waals surface area (Å²) in [6, 6.07) is 0. The molecule has 0 aliphatic carbocycles. The van der Waals surface area contributed by atoms with Crippen molar-refractivity contribution in [2.45, 2.75) is 31.3 Å². The van der Waals surface area contributed by atoms with Crippen LogP contribution in [0, 0.1) is 0 Å². The standard InChI is InChI=1S/C9H12BrClN2O2S/c1-3-4-8-12-9(16(11,14)15)6-13(8)5-7(2)10/h6H,2-5H2,1H3. The summed E-state index contributed by atoms with van der Waals surface area (Å²) < 4.78 is 24.8. The number of imidazole rings is 1. The zero-order chi connectivity index (χ0) is 12.3. The maximum Gasteiger partial charge on any atom is 0.280 e. The Morgan fingerprint density at radius 1 is 1.69 bits per heavy atom. The Morgan fingerprint density at radius 2 is 2.31 bits per heavy atom. The molecular weight excluding hydrogens is 316 g/mol. The molecule has 1 aromatic rings. The SMILES string of the molecule is C=C(Br)Cn1cc(S(=O)(=O)Cl)nc1CCC. The van der Waals surface area contributed by atoms with E-state index in [0.717, 1.165) is 10.9 Å². The van der Waals surface area contributed by atoms with Gasteiger partial charge in [0, 0.05) is 27.8 Å². The molecule has 0 saturated carbocycles. The van der Waals surface area contributed by atoms with Gasteiger partial charge in [-0.15, -0.1) is 0 Å². The Morgan fingerprint density at radius 3 is 2.75 bits per heavy atom. The Labute approximate surface area is 108 Å². The smallest absolute Gasteiger partial charge is 0.280 e. The normalized spacial score (nSPS) is 11.7. The highest BCUT2D eigenvalue weighted by Gasteiger charge is 2.17. The van der Waals surface area contributed by atoms with E-state index in [0.29, 0.717) is 18.8 Å². The number of rotatable bonds is 5. The molecule has 0 radical (unpaired) electrons. The fourth-order valence-corrected chi connectivity index (χ4v) is 2.25. The lowest BCUT2D eigenvalue weighted by Gasteiger charge is -2.04. The molecule has 0 saturated heterocycles. The molecule has 16 heavy (non-hydrogen) atoms. The van der Waals surface area contributed by atoms with Gasteiger partial charge < -0.3 is 4.57 Å². The quantitative estimate of drug-likeness (QED) is 0.781. The molecule has 1 rings (SSSR count). The monoisotopic (exact) mass is 326 g/mol. The van der Waals surface area contributed by atoms with Gasteiger partial charge in [-0.2, -0.15) is 0 Å². The van der Waals surface area contributed by atoms with Crippen LogP contribution in [0.2, 0.25) is 0 Å². The number of aromatic nitrogens is 2. The lowest BCUT2D eigenvalue weighted by atomic mass is 10.3. The summed E-state index contributed by atoms with van der Waals surface area (Å²) in [4.78, 5) is 4.01. The van der Waals surface area contributed by atoms with Gasteiger partial charge in [0.2, 0.25) is 0 Å². The number of aryl methyl sites for hydroxylation is 1. The van der Waals surface area contributed by atoms with E-state index >= 15 is 0 Å². The van der Waals surface area contributed by atoms with Crippen LogP contribution in [0.15, 0.2) is 22.3 Å². The molecule has 0 aliphatic rings. The van der Waals surface area contributed by atoms with Gasteiger partial charge in [-0.3, -0.25) is 0 Å². The van der Waals surface area contributed by atoms with Gasteiger partial charge >= 0.3 is 0 Å². The van der Waals surface area contributed by atoms with Gasteiger partial charge in [0.25, 0.3) is 9.05 Å². The first-order chi connectivity index (χ1) is 7.34. The molecule has 7 heteroatoms. The molecule has 1 aromatic heterocycles. The van der Waals surface area contributed by atoms with Crippen molar-refractivity contribution in [1.82, 2.24) is 9.55 Å². The predicted octanol–water partition coefficient (Wildman–Crippen LogP) is 2.67. The highest BCUT2D eigenvalue weighted by atomic mass is 79.9. The van der Waals surface area contributed by atoms with Gasteiger partial charge in [0.1, 0.15) is 5.82 Å². The van der Waals surface area contributed by atoms with Gasteiger partial charge in [-0.05, 0) is 6.42 Å². The molecular formula is C9H12BrClN2O2S. The van der Waals surface area contributed by atoms with E-state index in [4.69, 9.17) is 10.7 Å². The molecule has 0 spiro atoms. The van der Waals surface area contributed by atoms with Gasteiger partial charge in [-0.1, -0.05) is 29.4 Å².